The molecule has 7 nitrogen and oxygen atoms in total. The van der Waals surface area contributed by atoms with Crippen molar-refractivity contribution in [1.29, 1.82) is 0 Å². The van der Waals surface area contributed by atoms with E-state index in [2.05, 4.69) is 10.2 Å². The third kappa shape index (κ3) is 4.19. The second-order valence-corrected chi connectivity index (χ2v) is 6.56. The highest BCUT2D eigenvalue weighted by Crippen LogP contribution is 2.41. The second kappa shape index (κ2) is 8.44. The maximum absolute atomic E-state index is 5.77. The lowest BCUT2D eigenvalue weighted by Crippen LogP contribution is -2.21. The average molecular weight is 366 g/mol. The van der Waals surface area contributed by atoms with Crippen LogP contribution in [0.5, 0.6) is 17.2 Å². The van der Waals surface area contributed by atoms with E-state index < -0.39 is 0 Å². The summed E-state index contributed by atoms with van der Waals surface area (Å²) in [6, 6.07) is 3.57. The summed E-state index contributed by atoms with van der Waals surface area (Å²) in [5.41, 5.74) is 0.711. The first-order chi connectivity index (χ1) is 12.2. The molecule has 0 spiro atoms. The molecule has 2 aromatic rings. The van der Waals surface area contributed by atoms with Crippen LogP contribution in [0.15, 0.2) is 21.8 Å². The standard InChI is InChI=1S/C17H22N2O5S/c1-20-13-8-11(9-14(21-2)15(13)22-3)16-18-19-17(24-16)25-10-12-6-4-5-7-23-12/h8-9,12H,4-7,10H2,1-3H3/t12-/m0/s1. The maximum atomic E-state index is 5.77. The van der Waals surface area contributed by atoms with E-state index in [1.165, 1.54) is 18.2 Å². The number of aromatic nitrogens is 2. The van der Waals surface area contributed by atoms with Crippen LogP contribution in [-0.4, -0.2) is 50.0 Å². The molecule has 8 heteroatoms. The fourth-order valence-electron chi connectivity index (χ4n) is 2.69. The SMILES string of the molecule is COc1cc(-c2nnc(SC[C@@H]3CCCCO3)o2)cc(OC)c1OC. The van der Waals surface area contributed by atoms with Gasteiger partial charge in [0.2, 0.25) is 11.6 Å². The molecule has 0 bridgehead atoms. The van der Waals surface area contributed by atoms with Crippen molar-refractivity contribution in [1.82, 2.24) is 10.2 Å². The molecular weight excluding hydrogens is 344 g/mol. The van der Waals surface area contributed by atoms with Gasteiger partial charge in [0.25, 0.3) is 5.22 Å². The van der Waals surface area contributed by atoms with Crippen LogP contribution >= 0.6 is 11.8 Å². The van der Waals surface area contributed by atoms with Gasteiger partial charge in [0.05, 0.1) is 27.4 Å². The lowest BCUT2D eigenvalue weighted by Gasteiger charge is -2.21. The molecule has 3 rings (SSSR count). The van der Waals surface area contributed by atoms with Gasteiger partial charge in [-0.1, -0.05) is 11.8 Å². The molecule has 1 fully saturated rings. The fraction of sp³-hybridized carbons (Fsp3) is 0.529. The number of methoxy groups -OCH3 is 3. The van der Waals surface area contributed by atoms with Gasteiger partial charge in [0, 0.05) is 17.9 Å². The Balaban J connectivity index is 1.74. The van der Waals surface area contributed by atoms with Crippen LogP contribution in [0.2, 0.25) is 0 Å². The summed E-state index contributed by atoms with van der Waals surface area (Å²) < 4.78 is 27.5. The molecular formula is C17H22N2O5S. The zero-order valence-corrected chi connectivity index (χ0v) is 15.4. The number of benzene rings is 1. The molecule has 0 amide bonds. The number of ether oxygens (including phenoxy) is 4. The summed E-state index contributed by atoms with van der Waals surface area (Å²) in [5, 5.41) is 8.76. The van der Waals surface area contributed by atoms with Gasteiger partial charge in [0.15, 0.2) is 11.5 Å². The fourth-order valence-corrected chi connectivity index (χ4v) is 3.52. The van der Waals surface area contributed by atoms with E-state index >= 15 is 0 Å². The van der Waals surface area contributed by atoms with E-state index in [4.69, 9.17) is 23.4 Å². The van der Waals surface area contributed by atoms with Crippen molar-refractivity contribution in [2.24, 2.45) is 0 Å². The molecule has 25 heavy (non-hydrogen) atoms. The minimum Gasteiger partial charge on any atom is -0.493 e. The van der Waals surface area contributed by atoms with Gasteiger partial charge in [-0.25, -0.2) is 0 Å². The molecule has 0 radical (unpaired) electrons. The van der Waals surface area contributed by atoms with Gasteiger partial charge in [-0.15, -0.1) is 10.2 Å². The van der Waals surface area contributed by atoms with Crippen molar-refractivity contribution < 1.29 is 23.4 Å². The third-order valence-electron chi connectivity index (χ3n) is 3.98. The minimum atomic E-state index is 0.260. The third-order valence-corrected chi connectivity index (χ3v) is 4.94. The van der Waals surface area contributed by atoms with Crippen molar-refractivity contribution in [3.63, 3.8) is 0 Å². The van der Waals surface area contributed by atoms with E-state index in [1.807, 2.05) is 0 Å². The van der Waals surface area contributed by atoms with Crippen LogP contribution in [-0.2, 0) is 4.74 Å². The molecule has 2 heterocycles. The summed E-state index contributed by atoms with van der Waals surface area (Å²) in [6.07, 6.45) is 3.70. The Morgan fingerprint density at radius 3 is 2.44 bits per heavy atom. The Kier molecular flexibility index (Phi) is 6.04. The molecule has 0 saturated carbocycles. The average Bonchev–Trinajstić information content (AvgIpc) is 3.15. The van der Waals surface area contributed by atoms with E-state index in [1.54, 1.807) is 33.5 Å². The van der Waals surface area contributed by atoms with E-state index in [9.17, 15) is 0 Å². The highest BCUT2D eigenvalue weighted by molar-refractivity contribution is 7.99. The molecule has 0 N–H and O–H groups in total. The zero-order chi connectivity index (χ0) is 17.6. The minimum absolute atomic E-state index is 0.260. The van der Waals surface area contributed by atoms with Crippen molar-refractivity contribution >= 4 is 11.8 Å². The monoisotopic (exact) mass is 366 g/mol. The highest BCUT2D eigenvalue weighted by Gasteiger charge is 2.19. The number of hydrogen-bond acceptors (Lipinski definition) is 8. The Labute approximate surface area is 151 Å². The molecule has 1 atom stereocenters. The summed E-state index contributed by atoms with van der Waals surface area (Å²) in [6.45, 7) is 0.839. The van der Waals surface area contributed by atoms with Gasteiger partial charge < -0.3 is 23.4 Å². The molecule has 1 aromatic carbocycles. The quantitative estimate of drug-likeness (QED) is 0.690. The topological polar surface area (TPSA) is 75.8 Å². The Morgan fingerprint density at radius 1 is 1.08 bits per heavy atom. The van der Waals surface area contributed by atoms with Crippen molar-refractivity contribution in [3.8, 4) is 28.7 Å². The van der Waals surface area contributed by atoms with Crippen LogP contribution in [0, 0.1) is 0 Å². The zero-order valence-electron chi connectivity index (χ0n) is 14.6. The predicted molar refractivity (Wildman–Crippen MR) is 93.7 cm³/mol. The van der Waals surface area contributed by atoms with E-state index in [-0.39, 0.29) is 6.10 Å². The van der Waals surface area contributed by atoms with Crippen LogP contribution in [0.3, 0.4) is 0 Å². The Morgan fingerprint density at radius 2 is 1.84 bits per heavy atom. The van der Waals surface area contributed by atoms with Crippen LogP contribution in [0.4, 0.5) is 0 Å². The molecule has 1 aliphatic rings. The smallest absolute Gasteiger partial charge is 0.276 e. The van der Waals surface area contributed by atoms with Crippen molar-refractivity contribution in [2.75, 3.05) is 33.7 Å². The molecule has 1 saturated heterocycles. The highest BCUT2D eigenvalue weighted by atomic mass is 32.2. The van der Waals surface area contributed by atoms with Gasteiger partial charge in [0.1, 0.15) is 0 Å². The molecule has 0 aliphatic carbocycles. The largest absolute Gasteiger partial charge is 0.493 e. The van der Waals surface area contributed by atoms with Crippen molar-refractivity contribution in [3.05, 3.63) is 12.1 Å². The summed E-state index contributed by atoms with van der Waals surface area (Å²) in [4.78, 5) is 0. The summed E-state index contributed by atoms with van der Waals surface area (Å²) in [7, 11) is 4.70. The number of rotatable bonds is 7. The van der Waals surface area contributed by atoms with Gasteiger partial charge in [-0.05, 0) is 31.4 Å². The summed E-state index contributed by atoms with van der Waals surface area (Å²) >= 11 is 1.52. The lowest BCUT2D eigenvalue weighted by molar-refractivity contribution is 0.0314. The van der Waals surface area contributed by atoms with Gasteiger partial charge in [-0.2, -0.15) is 0 Å². The summed E-state index contributed by atoms with van der Waals surface area (Å²) in [5.74, 6) is 2.83. The molecule has 136 valence electrons. The first-order valence-corrected chi connectivity index (χ1v) is 9.12. The molecule has 1 aromatic heterocycles. The Bertz CT molecular complexity index is 675. The number of hydrogen-bond donors (Lipinski definition) is 0. The van der Waals surface area contributed by atoms with Gasteiger partial charge >= 0.3 is 0 Å². The molecule has 0 unspecified atom stereocenters. The lowest BCUT2D eigenvalue weighted by atomic mass is 10.1. The van der Waals surface area contributed by atoms with Gasteiger partial charge in [-0.3, -0.25) is 0 Å². The van der Waals surface area contributed by atoms with E-state index in [0.29, 0.717) is 33.9 Å². The van der Waals surface area contributed by atoms with Crippen LogP contribution < -0.4 is 14.2 Å². The number of thioether (sulfide) groups is 1. The number of nitrogens with zero attached hydrogens (tertiary/aromatic N) is 2. The van der Waals surface area contributed by atoms with E-state index in [0.717, 1.165) is 25.2 Å². The van der Waals surface area contributed by atoms with Crippen LogP contribution in [0.1, 0.15) is 19.3 Å². The second-order valence-electron chi connectivity index (χ2n) is 5.59. The normalized spacial score (nSPS) is 17.3. The molecule has 1 aliphatic heterocycles. The Hall–Kier alpha value is -1.93. The first-order valence-electron chi connectivity index (χ1n) is 8.13. The van der Waals surface area contributed by atoms with Crippen molar-refractivity contribution in [2.45, 2.75) is 30.6 Å². The predicted octanol–water partition coefficient (Wildman–Crippen LogP) is 3.42. The first kappa shape index (κ1) is 17.9. The van der Waals surface area contributed by atoms with Crippen LogP contribution in [0.25, 0.3) is 11.5 Å². The maximum Gasteiger partial charge on any atom is 0.276 e.